The van der Waals surface area contributed by atoms with Crippen LogP contribution >= 0.6 is 11.8 Å². The van der Waals surface area contributed by atoms with E-state index in [2.05, 4.69) is 15.2 Å². The Labute approximate surface area is 130 Å². The van der Waals surface area contributed by atoms with Gasteiger partial charge in [-0.1, -0.05) is 6.07 Å². The zero-order valence-corrected chi connectivity index (χ0v) is 13.2. The summed E-state index contributed by atoms with van der Waals surface area (Å²) in [4.78, 5) is 18.3. The molecule has 0 saturated carbocycles. The Morgan fingerprint density at radius 3 is 3.24 bits per heavy atom. The van der Waals surface area contributed by atoms with Crippen molar-refractivity contribution in [3.05, 3.63) is 23.9 Å². The molecule has 1 aromatic heterocycles. The molecule has 1 aromatic rings. The number of aromatic nitrogens is 1. The number of hydrogen-bond acceptors (Lipinski definition) is 5. The first-order valence-electron chi connectivity index (χ1n) is 7.33. The number of nitrogens with one attached hydrogen (secondary N) is 1. The molecule has 1 saturated heterocycles. The van der Waals surface area contributed by atoms with Crippen LogP contribution in [0.5, 0.6) is 0 Å². The number of amides is 1. The second kappa shape index (κ2) is 8.24. The highest BCUT2D eigenvalue weighted by atomic mass is 32.2. The molecule has 6 heteroatoms. The van der Waals surface area contributed by atoms with E-state index < -0.39 is 0 Å². The largest absolute Gasteiger partial charge is 0.391 e. The van der Waals surface area contributed by atoms with Crippen molar-refractivity contribution in [2.24, 2.45) is 0 Å². The van der Waals surface area contributed by atoms with Crippen molar-refractivity contribution >= 4 is 23.5 Å². The number of hydrogen-bond donors (Lipinski definition) is 2. The van der Waals surface area contributed by atoms with Crippen molar-refractivity contribution in [1.29, 1.82) is 0 Å². The maximum Gasteiger partial charge on any atom is 0.221 e. The van der Waals surface area contributed by atoms with E-state index in [0.717, 1.165) is 36.5 Å². The lowest BCUT2D eigenvalue weighted by molar-refractivity contribution is -0.120. The van der Waals surface area contributed by atoms with E-state index >= 15 is 0 Å². The molecular formula is C15H23N3O2S. The Hall–Kier alpha value is -1.27. The smallest absolute Gasteiger partial charge is 0.221 e. The number of β-amino-alcohol motifs (C(OH)–C–C–N with tert-alkyl or cyclic N) is 1. The Balaban J connectivity index is 1.98. The molecule has 1 atom stereocenters. The molecule has 0 unspecified atom stereocenters. The fourth-order valence-electron chi connectivity index (χ4n) is 2.48. The van der Waals surface area contributed by atoms with Crippen molar-refractivity contribution in [3.63, 3.8) is 0 Å². The van der Waals surface area contributed by atoms with Gasteiger partial charge in [0.05, 0.1) is 6.10 Å². The van der Waals surface area contributed by atoms with Crippen LogP contribution in [0.3, 0.4) is 0 Å². The van der Waals surface area contributed by atoms with E-state index in [-0.39, 0.29) is 12.0 Å². The molecule has 1 aliphatic heterocycles. The first-order valence-corrected chi connectivity index (χ1v) is 8.72. The topological polar surface area (TPSA) is 65.5 Å². The molecule has 0 aromatic carbocycles. The first kappa shape index (κ1) is 16.1. The quantitative estimate of drug-likeness (QED) is 0.832. The summed E-state index contributed by atoms with van der Waals surface area (Å²) < 4.78 is 0. The van der Waals surface area contributed by atoms with Crippen molar-refractivity contribution in [2.75, 3.05) is 30.0 Å². The number of rotatable bonds is 6. The summed E-state index contributed by atoms with van der Waals surface area (Å²) in [5, 5.41) is 12.7. The maximum atomic E-state index is 11.7. The van der Waals surface area contributed by atoms with E-state index in [9.17, 15) is 9.90 Å². The summed E-state index contributed by atoms with van der Waals surface area (Å²) in [5.74, 6) is 1.78. The summed E-state index contributed by atoms with van der Waals surface area (Å²) in [6.45, 7) is 2.01. The molecule has 0 aliphatic carbocycles. The molecule has 1 aliphatic rings. The third-order valence-electron chi connectivity index (χ3n) is 3.57. The second-order valence-electron chi connectivity index (χ2n) is 5.25. The van der Waals surface area contributed by atoms with Crippen LogP contribution in [0.1, 0.15) is 24.8 Å². The standard InChI is InChI=1S/C15H23N3O2S/c1-21-9-6-14(20)17-10-12-4-2-7-16-15(12)18-8-3-5-13(19)11-18/h2,4,7,13,19H,3,5-6,8-11H2,1H3,(H,17,20)/t13-/m0/s1. The number of carbonyl (C=O) groups excluding carboxylic acids is 1. The molecule has 116 valence electrons. The maximum absolute atomic E-state index is 11.7. The van der Waals surface area contributed by atoms with Crippen molar-refractivity contribution in [2.45, 2.75) is 31.9 Å². The molecule has 21 heavy (non-hydrogen) atoms. The first-order chi connectivity index (χ1) is 10.2. The summed E-state index contributed by atoms with van der Waals surface area (Å²) in [6, 6.07) is 3.87. The Kier molecular flexibility index (Phi) is 6.32. The van der Waals surface area contributed by atoms with Crippen LogP contribution in [0, 0.1) is 0 Å². The Morgan fingerprint density at radius 2 is 2.48 bits per heavy atom. The van der Waals surface area contributed by atoms with Gasteiger partial charge in [-0.3, -0.25) is 4.79 Å². The molecule has 2 N–H and O–H groups in total. The van der Waals surface area contributed by atoms with Gasteiger partial charge in [-0.05, 0) is 25.2 Å². The minimum absolute atomic E-state index is 0.0674. The third kappa shape index (κ3) is 4.89. The second-order valence-corrected chi connectivity index (χ2v) is 6.23. The normalized spacial score (nSPS) is 18.6. The molecule has 1 fully saturated rings. The van der Waals surface area contributed by atoms with Crippen molar-refractivity contribution in [1.82, 2.24) is 10.3 Å². The monoisotopic (exact) mass is 309 g/mol. The van der Waals surface area contributed by atoms with E-state index in [1.807, 2.05) is 18.4 Å². The van der Waals surface area contributed by atoms with Gasteiger partial charge in [0.25, 0.3) is 0 Å². The number of aliphatic hydroxyl groups is 1. The number of aliphatic hydroxyl groups excluding tert-OH is 1. The van der Waals surface area contributed by atoms with E-state index in [0.29, 0.717) is 19.5 Å². The van der Waals surface area contributed by atoms with Gasteiger partial charge in [-0.2, -0.15) is 11.8 Å². The van der Waals surface area contributed by atoms with Crippen molar-refractivity contribution in [3.8, 4) is 0 Å². The Morgan fingerprint density at radius 1 is 1.62 bits per heavy atom. The van der Waals surface area contributed by atoms with Crippen LogP contribution in [0.4, 0.5) is 5.82 Å². The number of nitrogens with zero attached hydrogens (tertiary/aromatic N) is 2. The minimum atomic E-state index is -0.287. The molecule has 0 spiro atoms. The fourth-order valence-corrected chi connectivity index (χ4v) is 2.87. The van der Waals surface area contributed by atoms with Gasteiger partial charge in [-0.25, -0.2) is 4.98 Å². The van der Waals surface area contributed by atoms with Crippen LogP contribution in [0.25, 0.3) is 0 Å². The zero-order valence-electron chi connectivity index (χ0n) is 12.4. The number of thioether (sulfide) groups is 1. The van der Waals surface area contributed by atoms with Crippen LogP contribution < -0.4 is 10.2 Å². The molecule has 5 nitrogen and oxygen atoms in total. The van der Waals surface area contributed by atoms with Gasteiger partial charge < -0.3 is 15.3 Å². The van der Waals surface area contributed by atoms with Crippen LogP contribution in [0.2, 0.25) is 0 Å². The lowest BCUT2D eigenvalue weighted by Gasteiger charge is -2.32. The summed E-state index contributed by atoms with van der Waals surface area (Å²) in [6.07, 6.45) is 5.83. The van der Waals surface area contributed by atoms with E-state index in [1.165, 1.54) is 0 Å². The van der Waals surface area contributed by atoms with Gasteiger partial charge >= 0.3 is 0 Å². The minimum Gasteiger partial charge on any atom is -0.391 e. The van der Waals surface area contributed by atoms with Gasteiger partial charge in [0.15, 0.2) is 0 Å². The predicted molar refractivity (Wildman–Crippen MR) is 86.5 cm³/mol. The van der Waals surface area contributed by atoms with Crippen LogP contribution in [-0.4, -0.2) is 47.2 Å². The molecule has 0 bridgehead atoms. The number of anilines is 1. The molecule has 2 heterocycles. The zero-order chi connectivity index (χ0) is 15.1. The lowest BCUT2D eigenvalue weighted by Crippen LogP contribution is -2.39. The predicted octanol–water partition coefficient (Wildman–Crippen LogP) is 1.41. The average Bonchev–Trinajstić information content (AvgIpc) is 2.51. The van der Waals surface area contributed by atoms with Gasteiger partial charge in [0.2, 0.25) is 5.91 Å². The van der Waals surface area contributed by atoms with E-state index in [1.54, 1.807) is 18.0 Å². The number of pyridine rings is 1. The highest BCUT2D eigenvalue weighted by molar-refractivity contribution is 7.98. The summed E-state index contributed by atoms with van der Waals surface area (Å²) in [5.41, 5.74) is 1.00. The molecular weight excluding hydrogens is 286 g/mol. The molecule has 0 radical (unpaired) electrons. The number of piperidine rings is 1. The van der Waals surface area contributed by atoms with E-state index in [4.69, 9.17) is 0 Å². The summed E-state index contributed by atoms with van der Waals surface area (Å²) in [7, 11) is 0. The third-order valence-corrected chi connectivity index (χ3v) is 4.19. The van der Waals surface area contributed by atoms with Gasteiger partial charge in [0.1, 0.15) is 5.82 Å². The highest BCUT2D eigenvalue weighted by Gasteiger charge is 2.20. The SMILES string of the molecule is CSCCC(=O)NCc1cccnc1N1CCC[C@H](O)C1. The fraction of sp³-hybridized carbons (Fsp3) is 0.600. The summed E-state index contributed by atoms with van der Waals surface area (Å²) >= 11 is 1.67. The van der Waals surface area contributed by atoms with Gasteiger partial charge in [0, 0.05) is 43.6 Å². The van der Waals surface area contributed by atoms with Gasteiger partial charge in [-0.15, -0.1) is 0 Å². The van der Waals surface area contributed by atoms with Crippen LogP contribution in [0.15, 0.2) is 18.3 Å². The highest BCUT2D eigenvalue weighted by Crippen LogP contribution is 2.21. The lowest BCUT2D eigenvalue weighted by atomic mass is 10.1. The van der Waals surface area contributed by atoms with Crippen LogP contribution in [-0.2, 0) is 11.3 Å². The van der Waals surface area contributed by atoms with Crippen molar-refractivity contribution < 1.29 is 9.90 Å². The Bertz CT molecular complexity index is 470. The molecule has 1 amide bonds. The average molecular weight is 309 g/mol. The number of carbonyl (C=O) groups is 1. The molecule has 2 rings (SSSR count).